The molecular formula is C22H26ClN3O3S. The second-order valence-electron chi connectivity index (χ2n) is 7.80. The van der Waals surface area contributed by atoms with Crippen molar-refractivity contribution in [2.45, 2.75) is 26.2 Å². The van der Waals surface area contributed by atoms with E-state index in [-0.39, 0.29) is 11.9 Å². The second kappa shape index (κ2) is 8.96. The highest BCUT2D eigenvalue weighted by atomic mass is 35.5. The quantitative estimate of drug-likeness (QED) is 0.707. The molecule has 0 bridgehead atoms. The number of nitrogens with one attached hydrogen (secondary N) is 1. The molecule has 30 heavy (non-hydrogen) atoms. The molecule has 1 saturated heterocycles. The normalized spacial score (nSPS) is 16.4. The fraction of sp³-hybridized carbons (Fsp3) is 0.455. The first kappa shape index (κ1) is 21.2. The molecule has 2 heterocycles. The van der Waals surface area contributed by atoms with E-state index in [4.69, 9.17) is 16.3 Å². The Bertz CT molecular complexity index is 967. The van der Waals surface area contributed by atoms with Crippen LogP contribution in [0.1, 0.15) is 32.8 Å². The van der Waals surface area contributed by atoms with Gasteiger partial charge in [-0.25, -0.2) is 4.79 Å². The number of halogens is 1. The zero-order chi connectivity index (χ0) is 21.3. The van der Waals surface area contributed by atoms with Gasteiger partial charge in [-0.05, 0) is 49.4 Å². The molecule has 0 radical (unpaired) electrons. The van der Waals surface area contributed by atoms with Crippen LogP contribution in [0.15, 0.2) is 18.2 Å². The Morgan fingerprint density at radius 2 is 1.97 bits per heavy atom. The lowest BCUT2D eigenvalue weighted by atomic mass is 10.1. The summed E-state index contributed by atoms with van der Waals surface area (Å²) >= 11 is 7.67. The number of fused-ring (bicyclic) bond motifs is 1. The van der Waals surface area contributed by atoms with Crippen LogP contribution in [0.3, 0.4) is 0 Å². The van der Waals surface area contributed by atoms with Crippen LogP contribution < -0.4 is 10.2 Å². The van der Waals surface area contributed by atoms with Crippen LogP contribution in [0, 0.1) is 6.92 Å². The molecule has 160 valence electrons. The summed E-state index contributed by atoms with van der Waals surface area (Å²) in [6.45, 7) is 5.67. The summed E-state index contributed by atoms with van der Waals surface area (Å²) in [5.41, 5.74) is 3.95. The number of carbonyl (C=O) groups is 2. The lowest BCUT2D eigenvalue weighted by Crippen LogP contribution is -2.48. The molecule has 1 N–H and O–H groups in total. The monoisotopic (exact) mass is 447 g/mol. The molecule has 0 saturated carbocycles. The number of piperazine rings is 1. The molecule has 1 amide bonds. The van der Waals surface area contributed by atoms with Gasteiger partial charge in [0, 0.05) is 41.8 Å². The molecule has 0 unspecified atom stereocenters. The molecule has 2 aromatic rings. The van der Waals surface area contributed by atoms with Gasteiger partial charge in [0.15, 0.2) is 0 Å². The number of nitrogens with zero attached hydrogens (tertiary/aromatic N) is 2. The van der Waals surface area contributed by atoms with Gasteiger partial charge in [0.05, 0.1) is 19.2 Å². The highest BCUT2D eigenvalue weighted by Crippen LogP contribution is 2.39. The fourth-order valence-corrected chi connectivity index (χ4v) is 5.71. The number of thiophene rings is 1. The van der Waals surface area contributed by atoms with E-state index in [2.05, 4.69) is 22.0 Å². The number of esters is 1. The third-order valence-corrected chi connectivity index (χ3v) is 7.26. The predicted octanol–water partition coefficient (Wildman–Crippen LogP) is 3.75. The number of methoxy groups -OCH3 is 1. The summed E-state index contributed by atoms with van der Waals surface area (Å²) in [7, 11) is 1.38. The van der Waals surface area contributed by atoms with Crippen molar-refractivity contribution < 1.29 is 14.3 Å². The number of hydrogen-bond donors (Lipinski definition) is 1. The number of benzene rings is 1. The molecular weight excluding hydrogens is 422 g/mol. The second-order valence-corrected chi connectivity index (χ2v) is 9.34. The van der Waals surface area contributed by atoms with Crippen LogP contribution in [-0.2, 0) is 22.4 Å². The number of ether oxygens (including phenoxy) is 1. The van der Waals surface area contributed by atoms with Crippen molar-refractivity contribution in [1.82, 2.24) is 4.90 Å². The maximum absolute atomic E-state index is 12.7. The summed E-state index contributed by atoms with van der Waals surface area (Å²) < 4.78 is 4.96. The smallest absolute Gasteiger partial charge is 0.341 e. The third kappa shape index (κ3) is 4.33. The number of amides is 1. The van der Waals surface area contributed by atoms with Gasteiger partial charge in [-0.15, -0.1) is 11.3 Å². The number of rotatable bonds is 5. The van der Waals surface area contributed by atoms with Crippen LogP contribution in [0.5, 0.6) is 0 Å². The van der Waals surface area contributed by atoms with Gasteiger partial charge in [-0.3, -0.25) is 9.69 Å². The molecule has 1 aliphatic heterocycles. The van der Waals surface area contributed by atoms with E-state index in [0.29, 0.717) is 17.1 Å². The van der Waals surface area contributed by atoms with E-state index in [1.54, 1.807) is 0 Å². The zero-order valence-electron chi connectivity index (χ0n) is 17.3. The van der Waals surface area contributed by atoms with Crippen molar-refractivity contribution in [3.05, 3.63) is 44.8 Å². The minimum absolute atomic E-state index is 0.0903. The summed E-state index contributed by atoms with van der Waals surface area (Å²) in [6, 6.07) is 5.95. The summed E-state index contributed by atoms with van der Waals surface area (Å²) in [4.78, 5) is 30.6. The topological polar surface area (TPSA) is 61.9 Å². The summed E-state index contributed by atoms with van der Waals surface area (Å²) in [5, 5.41) is 4.34. The van der Waals surface area contributed by atoms with E-state index < -0.39 is 0 Å². The average Bonchev–Trinajstić information content (AvgIpc) is 3.30. The first-order valence-corrected chi connectivity index (χ1v) is 11.4. The number of aryl methyl sites for hydroxylation is 2. The first-order valence-electron chi connectivity index (χ1n) is 10.2. The van der Waals surface area contributed by atoms with Crippen LogP contribution >= 0.6 is 22.9 Å². The molecule has 8 heteroatoms. The van der Waals surface area contributed by atoms with Crippen LogP contribution in [0.2, 0.25) is 5.02 Å². The van der Waals surface area contributed by atoms with Crippen LogP contribution in [-0.4, -0.2) is 56.6 Å². The lowest BCUT2D eigenvalue weighted by Gasteiger charge is -2.36. The Kier molecular flexibility index (Phi) is 6.32. The third-order valence-electron chi connectivity index (χ3n) is 5.82. The van der Waals surface area contributed by atoms with Crippen molar-refractivity contribution in [3.63, 3.8) is 0 Å². The molecule has 2 aliphatic rings. The molecule has 1 aromatic heterocycles. The maximum Gasteiger partial charge on any atom is 0.341 e. The zero-order valence-corrected chi connectivity index (χ0v) is 18.9. The predicted molar refractivity (Wildman–Crippen MR) is 121 cm³/mol. The van der Waals surface area contributed by atoms with E-state index in [1.807, 2.05) is 18.2 Å². The Labute approximate surface area is 185 Å². The minimum Gasteiger partial charge on any atom is -0.465 e. The van der Waals surface area contributed by atoms with Crippen molar-refractivity contribution in [1.29, 1.82) is 0 Å². The number of hydrogen-bond acceptors (Lipinski definition) is 6. The molecule has 0 spiro atoms. The lowest BCUT2D eigenvalue weighted by molar-refractivity contribution is -0.117. The van der Waals surface area contributed by atoms with Gasteiger partial charge in [0.25, 0.3) is 0 Å². The van der Waals surface area contributed by atoms with Crippen molar-refractivity contribution in [2.24, 2.45) is 0 Å². The highest BCUT2D eigenvalue weighted by Gasteiger charge is 2.28. The standard InChI is InChI=1S/C22H26ClN3O3S/c1-14-6-7-15(23)12-17(14)26-10-8-25(9-11-26)13-19(27)24-21-20(22(28)29-2)16-4-3-5-18(16)30-21/h6-7,12H,3-5,8-11,13H2,1-2H3,(H,24,27). The molecule has 4 rings (SSSR count). The van der Waals surface area contributed by atoms with Crippen molar-refractivity contribution >= 4 is 45.5 Å². The van der Waals surface area contributed by atoms with Gasteiger partial charge >= 0.3 is 5.97 Å². The van der Waals surface area contributed by atoms with E-state index in [9.17, 15) is 9.59 Å². The Balaban J connectivity index is 1.36. The summed E-state index contributed by atoms with van der Waals surface area (Å²) in [6.07, 6.45) is 2.89. The van der Waals surface area contributed by atoms with E-state index >= 15 is 0 Å². The van der Waals surface area contributed by atoms with Gasteiger partial charge < -0.3 is 15.0 Å². The van der Waals surface area contributed by atoms with Gasteiger partial charge in [-0.1, -0.05) is 17.7 Å². The Morgan fingerprint density at radius 3 is 2.70 bits per heavy atom. The maximum atomic E-state index is 12.7. The van der Waals surface area contributed by atoms with Crippen LogP contribution in [0.4, 0.5) is 10.7 Å². The average molecular weight is 448 g/mol. The molecule has 1 fully saturated rings. The minimum atomic E-state index is -0.366. The van der Waals surface area contributed by atoms with E-state index in [1.165, 1.54) is 28.9 Å². The van der Waals surface area contributed by atoms with Gasteiger partial charge in [0.2, 0.25) is 5.91 Å². The highest BCUT2D eigenvalue weighted by molar-refractivity contribution is 7.17. The summed E-state index contributed by atoms with van der Waals surface area (Å²) in [5.74, 6) is -0.456. The number of anilines is 2. The Hall–Kier alpha value is -2.09. The molecule has 6 nitrogen and oxygen atoms in total. The largest absolute Gasteiger partial charge is 0.465 e. The Morgan fingerprint density at radius 1 is 1.20 bits per heavy atom. The molecule has 1 aromatic carbocycles. The van der Waals surface area contributed by atoms with Gasteiger partial charge in [0.1, 0.15) is 5.00 Å². The van der Waals surface area contributed by atoms with Crippen molar-refractivity contribution in [3.8, 4) is 0 Å². The fourth-order valence-electron chi connectivity index (χ4n) is 4.25. The van der Waals surface area contributed by atoms with Crippen LogP contribution in [0.25, 0.3) is 0 Å². The SMILES string of the molecule is COC(=O)c1c(NC(=O)CN2CCN(c3cc(Cl)ccc3C)CC2)sc2c1CCC2. The molecule has 0 atom stereocenters. The van der Waals surface area contributed by atoms with Crippen molar-refractivity contribution in [2.75, 3.05) is 50.1 Å². The molecule has 1 aliphatic carbocycles. The van der Waals surface area contributed by atoms with Gasteiger partial charge in [-0.2, -0.15) is 0 Å². The first-order chi connectivity index (χ1) is 14.5. The van der Waals surface area contributed by atoms with E-state index in [0.717, 1.165) is 61.7 Å². The number of carbonyl (C=O) groups excluding carboxylic acids is 2.